The van der Waals surface area contributed by atoms with Gasteiger partial charge in [0.15, 0.2) is 0 Å². The predicted octanol–water partition coefficient (Wildman–Crippen LogP) is 5.24. The number of nitrogens with one attached hydrogen (secondary N) is 1. The molecule has 1 N–H and O–H groups in total. The molecule has 0 saturated carbocycles. The molecule has 1 heterocycles. The third-order valence-electron chi connectivity index (χ3n) is 5.49. The van der Waals surface area contributed by atoms with E-state index in [2.05, 4.69) is 34.6 Å². The van der Waals surface area contributed by atoms with Crippen molar-refractivity contribution in [3.63, 3.8) is 0 Å². The molecule has 32 heavy (non-hydrogen) atoms. The lowest BCUT2D eigenvalue weighted by atomic mass is 9.98. The first-order chi connectivity index (χ1) is 15.5. The first-order valence-corrected chi connectivity index (χ1v) is 10.4. The molecule has 0 aliphatic heterocycles. The molecule has 1 aromatic heterocycles. The lowest BCUT2D eigenvalue weighted by Gasteiger charge is -2.14. The summed E-state index contributed by atoms with van der Waals surface area (Å²) >= 11 is 0. The Kier molecular flexibility index (Phi) is 6.26. The highest BCUT2D eigenvalue weighted by Crippen LogP contribution is 2.44. The van der Waals surface area contributed by atoms with Crippen LogP contribution in [0.25, 0.3) is 17.2 Å². The third kappa shape index (κ3) is 4.51. The minimum atomic E-state index is -0.454. The highest BCUT2D eigenvalue weighted by Gasteiger charge is 2.28. The van der Waals surface area contributed by atoms with Crippen LogP contribution in [-0.4, -0.2) is 29.2 Å². The van der Waals surface area contributed by atoms with Crippen molar-refractivity contribution < 1.29 is 14.5 Å². The summed E-state index contributed by atoms with van der Waals surface area (Å²) in [4.78, 5) is 26.8. The molecular weight excluding hydrogens is 406 g/mol. The van der Waals surface area contributed by atoms with E-state index in [0.717, 1.165) is 0 Å². The number of hydrogen-bond acceptors (Lipinski definition) is 5. The number of fused-ring (bicyclic) bond motifs is 3. The van der Waals surface area contributed by atoms with Gasteiger partial charge in [0.05, 0.1) is 10.6 Å². The summed E-state index contributed by atoms with van der Waals surface area (Å²) in [7, 11) is 0. The summed E-state index contributed by atoms with van der Waals surface area (Å²) < 4.78 is 5.51. The Morgan fingerprint density at radius 2 is 1.75 bits per heavy atom. The number of hydrogen-bond donors (Lipinski definition) is 1. The number of carbonyl (C=O) groups excluding carboxylic acids is 1. The average Bonchev–Trinajstić information content (AvgIpc) is 3.11. The molecule has 7 nitrogen and oxygen atoms in total. The van der Waals surface area contributed by atoms with Crippen LogP contribution in [0.2, 0.25) is 0 Å². The smallest absolute Gasteiger partial charge is 0.407 e. The van der Waals surface area contributed by atoms with Gasteiger partial charge in [0, 0.05) is 18.5 Å². The van der Waals surface area contributed by atoms with E-state index in [4.69, 9.17) is 4.74 Å². The zero-order chi connectivity index (χ0) is 22.5. The molecule has 0 fully saturated rings. The quantitative estimate of drug-likeness (QED) is 0.315. The van der Waals surface area contributed by atoms with Crippen molar-refractivity contribution in [2.75, 3.05) is 13.2 Å². The van der Waals surface area contributed by atoms with Gasteiger partial charge in [-0.15, -0.1) is 0 Å². The highest BCUT2D eigenvalue weighted by atomic mass is 16.6. The Balaban J connectivity index is 1.26. The molecule has 3 aromatic rings. The van der Waals surface area contributed by atoms with E-state index in [1.807, 2.05) is 30.3 Å². The molecule has 0 radical (unpaired) electrons. The summed E-state index contributed by atoms with van der Waals surface area (Å²) in [5.41, 5.74) is 5.74. The Labute approximate surface area is 185 Å². The number of carbonyl (C=O) groups is 1. The van der Waals surface area contributed by atoms with Crippen LogP contribution in [0, 0.1) is 17.0 Å². The highest BCUT2D eigenvalue weighted by molar-refractivity contribution is 5.79. The summed E-state index contributed by atoms with van der Waals surface area (Å²) in [6.07, 6.45) is 3.76. The van der Waals surface area contributed by atoms with E-state index in [-0.39, 0.29) is 18.2 Å². The van der Waals surface area contributed by atoms with Gasteiger partial charge in [-0.25, -0.2) is 9.78 Å². The van der Waals surface area contributed by atoms with Crippen molar-refractivity contribution in [2.24, 2.45) is 0 Å². The molecule has 1 amide bonds. The van der Waals surface area contributed by atoms with Gasteiger partial charge in [-0.2, -0.15) is 0 Å². The maximum Gasteiger partial charge on any atom is 0.407 e. The van der Waals surface area contributed by atoms with Crippen LogP contribution in [0.15, 0.2) is 66.7 Å². The van der Waals surface area contributed by atoms with Crippen molar-refractivity contribution >= 4 is 17.9 Å². The summed E-state index contributed by atoms with van der Waals surface area (Å²) in [6.45, 7) is 2.30. The molecule has 0 spiro atoms. The first kappa shape index (κ1) is 21.2. The number of pyridine rings is 1. The van der Waals surface area contributed by atoms with Crippen molar-refractivity contribution in [1.82, 2.24) is 10.3 Å². The van der Waals surface area contributed by atoms with Crippen LogP contribution >= 0.6 is 0 Å². The fraction of sp³-hybridized carbons (Fsp3) is 0.200. The standard InChI is InChI=1S/C25H23N3O4/c1-17-24(28(30)31)14-13-18(27-17)8-6-7-15-26-25(29)32-16-23-21-11-4-2-9-19(21)20-10-3-5-12-22(20)23/h2-6,8-14,23H,7,15-16H2,1H3,(H,26,29). The molecule has 0 atom stereocenters. The Morgan fingerprint density at radius 3 is 2.38 bits per heavy atom. The molecule has 7 heteroatoms. The number of nitro groups is 1. The van der Waals surface area contributed by atoms with Gasteiger partial charge in [-0.05, 0) is 47.7 Å². The number of amides is 1. The SMILES string of the molecule is Cc1nc(C=CCCNC(=O)OCC2c3ccccc3-c3ccccc32)ccc1[N+](=O)[O-]. The van der Waals surface area contributed by atoms with E-state index < -0.39 is 11.0 Å². The van der Waals surface area contributed by atoms with Crippen molar-refractivity contribution in [2.45, 2.75) is 19.3 Å². The molecule has 162 valence electrons. The number of aromatic nitrogens is 1. The van der Waals surface area contributed by atoms with Crippen molar-refractivity contribution in [1.29, 1.82) is 0 Å². The lowest BCUT2D eigenvalue weighted by Crippen LogP contribution is -2.26. The zero-order valence-corrected chi connectivity index (χ0v) is 17.7. The lowest BCUT2D eigenvalue weighted by molar-refractivity contribution is -0.385. The minimum absolute atomic E-state index is 0.000859. The molecule has 1 aliphatic rings. The molecule has 2 aromatic carbocycles. The number of nitrogens with zero attached hydrogens (tertiary/aromatic N) is 2. The molecule has 0 saturated heterocycles. The maximum atomic E-state index is 12.2. The second kappa shape index (κ2) is 9.43. The average molecular weight is 429 g/mol. The number of aryl methyl sites for hydroxylation is 1. The van der Waals surface area contributed by atoms with Gasteiger partial charge in [0.1, 0.15) is 12.3 Å². The van der Waals surface area contributed by atoms with Crippen molar-refractivity contribution in [3.8, 4) is 11.1 Å². The summed E-state index contributed by atoms with van der Waals surface area (Å²) in [6, 6.07) is 19.5. The normalized spacial score (nSPS) is 12.4. The fourth-order valence-electron chi connectivity index (χ4n) is 3.97. The number of ether oxygens (including phenoxy) is 1. The number of rotatable bonds is 7. The Morgan fingerprint density at radius 1 is 1.09 bits per heavy atom. The molecular formula is C25H23N3O4. The molecule has 0 unspecified atom stereocenters. The van der Waals surface area contributed by atoms with Crippen LogP contribution in [-0.2, 0) is 4.74 Å². The Hall–Kier alpha value is -4.00. The topological polar surface area (TPSA) is 94.4 Å². The molecule has 4 rings (SSSR count). The monoisotopic (exact) mass is 429 g/mol. The van der Waals surface area contributed by atoms with E-state index in [0.29, 0.717) is 24.4 Å². The summed E-state index contributed by atoms with van der Waals surface area (Å²) in [5, 5.41) is 13.6. The molecule has 0 bridgehead atoms. The third-order valence-corrected chi connectivity index (χ3v) is 5.49. The fourth-order valence-corrected chi connectivity index (χ4v) is 3.97. The van der Waals surface area contributed by atoms with Gasteiger partial charge >= 0.3 is 6.09 Å². The summed E-state index contributed by atoms with van der Waals surface area (Å²) in [5.74, 6) is 0.0319. The minimum Gasteiger partial charge on any atom is -0.449 e. The zero-order valence-electron chi connectivity index (χ0n) is 17.7. The van der Waals surface area contributed by atoms with Gasteiger partial charge in [-0.1, -0.05) is 54.6 Å². The molecule has 1 aliphatic carbocycles. The van der Waals surface area contributed by atoms with Crippen LogP contribution < -0.4 is 5.32 Å². The number of benzene rings is 2. The van der Waals surface area contributed by atoms with E-state index in [9.17, 15) is 14.9 Å². The van der Waals surface area contributed by atoms with Gasteiger partial charge in [-0.3, -0.25) is 10.1 Å². The van der Waals surface area contributed by atoms with Gasteiger partial charge in [0.2, 0.25) is 0 Å². The van der Waals surface area contributed by atoms with Crippen LogP contribution in [0.4, 0.5) is 10.5 Å². The van der Waals surface area contributed by atoms with Gasteiger partial charge in [0.25, 0.3) is 5.69 Å². The predicted molar refractivity (Wildman–Crippen MR) is 122 cm³/mol. The maximum absolute atomic E-state index is 12.2. The number of alkyl carbamates (subject to hydrolysis) is 1. The second-order valence-electron chi connectivity index (χ2n) is 7.54. The largest absolute Gasteiger partial charge is 0.449 e. The van der Waals surface area contributed by atoms with Gasteiger partial charge < -0.3 is 10.1 Å². The van der Waals surface area contributed by atoms with E-state index in [1.54, 1.807) is 19.1 Å². The van der Waals surface area contributed by atoms with E-state index in [1.165, 1.54) is 28.3 Å². The van der Waals surface area contributed by atoms with Crippen LogP contribution in [0.5, 0.6) is 0 Å². The second-order valence-corrected chi connectivity index (χ2v) is 7.54. The first-order valence-electron chi connectivity index (χ1n) is 10.4. The van der Waals surface area contributed by atoms with Crippen LogP contribution in [0.3, 0.4) is 0 Å². The van der Waals surface area contributed by atoms with E-state index >= 15 is 0 Å². The van der Waals surface area contributed by atoms with Crippen molar-refractivity contribution in [3.05, 3.63) is 99.4 Å². The Bertz CT molecular complexity index is 1140. The van der Waals surface area contributed by atoms with Crippen LogP contribution in [0.1, 0.15) is 34.9 Å².